The van der Waals surface area contributed by atoms with Gasteiger partial charge in [0.2, 0.25) is 5.91 Å². The first kappa shape index (κ1) is 12.8. The molecule has 2 aliphatic rings. The molecule has 0 radical (unpaired) electrons. The topological polar surface area (TPSA) is 61.4 Å². The molecule has 1 heterocycles. The van der Waals surface area contributed by atoms with Gasteiger partial charge >= 0.3 is 0 Å². The Bertz CT molecular complexity index is 254. The molecule has 3 N–H and O–H groups in total. The van der Waals surface area contributed by atoms with Gasteiger partial charge in [0, 0.05) is 6.54 Å². The van der Waals surface area contributed by atoms with Crippen LogP contribution in [0, 0.1) is 0 Å². The molecule has 0 aromatic rings. The third kappa shape index (κ3) is 3.68. The number of carbonyl (C=O) groups excluding carboxylic acids is 1. The molecule has 2 fully saturated rings. The van der Waals surface area contributed by atoms with Crippen LogP contribution in [-0.2, 0) is 4.79 Å². The maximum absolute atomic E-state index is 11.8. The van der Waals surface area contributed by atoms with Gasteiger partial charge in [0.1, 0.15) is 0 Å². The predicted octanol–water partition coefficient (Wildman–Crippen LogP) is 0.940. The molecule has 0 bridgehead atoms. The quantitative estimate of drug-likeness (QED) is 0.643. The summed E-state index contributed by atoms with van der Waals surface area (Å²) in [6.07, 6.45) is 8.21. The average Bonchev–Trinajstić information content (AvgIpc) is 2.77. The lowest BCUT2D eigenvalue weighted by molar-refractivity contribution is -0.124. The second-order valence-electron chi connectivity index (χ2n) is 5.51. The van der Waals surface area contributed by atoms with Crippen LogP contribution in [0.15, 0.2) is 0 Å². The van der Waals surface area contributed by atoms with Crippen molar-refractivity contribution in [2.75, 3.05) is 13.1 Å². The summed E-state index contributed by atoms with van der Waals surface area (Å²) in [6, 6.07) is -0.0376. The Balaban J connectivity index is 1.77. The smallest absolute Gasteiger partial charge is 0.237 e. The van der Waals surface area contributed by atoms with Crippen LogP contribution < -0.4 is 10.6 Å². The number of rotatable bonds is 3. The summed E-state index contributed by atoms with van der Waals surface area (Å²) in [7, 11) is 0. The van der Waals surface area contributed by atoms with Crippen LogP contribution in [0.25, 0.3) is 0 Å². The van der Waals surface area contributed by atoms with E-state index in [1.54, 1.807) is 0 Å². The molecule has 4 heteroatoms. The molecule has 4 nitrogen and oxygen atoms in total. The van der Waals surface area contributed by atoms with E-state index in [0.29, 0.717) is 6.54 Å². The number of hydrogen-bond acceptors (Lipinski definition) is 3. The molecule has 0 aromatic heterocycles. The Morgan fingerprint density at radius 2 is 1.94 bits per heavy atom. The first-order valence-electron chi connectivity index (χ1n) is 6.93. The summed E-state index contributed by atoms with van der Waals surface area (Å²) in [5.74, 6) is 0.0557. The van der Waals surface area contributed by atoms with Crippen molar-refractivity contribution >= 4 is 5.91 Å². The van der Waals surface area contributed by atoms with Crippen LogP contribution in [-0.4, -0.2) is 35.7 Å². The van der Waals surface area contributed by atoms with E-state index < -0.39 is 5.60 Å². The lowest BCUT2D eigenvalue weighted by Gasteiger charge is -2.27. The number of hydrogen-bond donors (Lipinski definition) is 3. The normalized spacial score (nSPS) is 28.6. The molecule has 1 aliphatic carbocycles. The van der Waals surface area contributed by atoms with E-state index in [0.717, 1.165) is 45.1 Å². The zero-order valence-corrected chi connectivity index (χ0v) is 10.5. The minimum absolute atomic E-state index is 0.0376. The van der Waals surface area contributed by atoms with Gasteiger partial charge in [0.25, 0.3) is 0 Å². The largest absolute Gasteiger partial charge is 0.388 e. The van der Waals surface area contributed by atoms with E-state index in [2.05, 4.69) is 10.6 Å². The van der Waals surface area contributed by atoms with Crippen molar-refractivity contribution in [2.45, 2.75) is 63.0 Å². The maximum Gasteiger partial charge on any atom is 0.237 e. The lowest BCUT2D eigenvalue weighted by atomic mass is 9.94. The van der Waals surface area contributed by atoms with Crippen molar-refractivity contribution in [1.29, 1.82) is 0 Å². The first-order chi connectivity index (χ1) is 8.20. The number of aliphatic hydroxyl groups is 1. The molecule has 2 rings (SSSR count). The van der Waals surface area contributed by atoms with Gasteiger partial charge in [-0.05, 0) is 32.2 Å². The average molecular weight is 240 g/mol. The van der Waals surface area contributed by atoms with Crippen LogP contribution in [0.4, 0.5) is 0 Å². The molecule has 1 amide bonds. The van der Waals surface area contributed by atoms with Gasteiger partial charge in [-0.2, -0.15) is 0 Å². The van der Waals surface area contributed by atoms with Crippen LogP contribution in [0.2, 0.25) is 0 Å². The van der Waals surface area contributed by atoms with Crippen LogP contribution in [0.5, 0.6) is 0 Å². The van der Waals surface area contributed by atoms with Crippen LogP contribution >= 0.6 is 0 Å². The molecule has 1 saturated carbocycles. The van der Waals surface area contributed by atoms with Crippen molar-refractivity contribution in [3.8, 4) is 0 Å². The Hall–Kier alpha value is -0.610. The van der Waals surface area contributed by atoms with Gasteiger partial charge in [-0.15, -0.1) is 0 Å². The minimum atomic E-state index is -0.662. The van der Waals surface area contributed by atoms with Gasteiger partial charge in [0.05, 0.1) is 11.6 Å². The zero-order chi connectivity index (χ0) is 12.1. The predicted molar refractivity (Wildman–Crippen MR) is 66.7 cm³/mol. The SMILES string of the molecule is O=C(NCC1(O)CCCCCC1)[C@H]1CCCN1. The molecular weight excluding hydrogens is 216 g/mol. The number of nitrogens with one attached hydrogen (secondary N) is 2. The highest BCUT2D eigenvalue weighted by Crippen LogP contribution is 2.26. The summed E-state index contributed by atoms with van der Waals surface area (Å²) < 4.78 is 0. The monoisotopic (exact) mass is 240 g/mol. The zero-order valence-electron chi connectivity index (χ0n) is 10.5. The molecule has 1 atom stereocenters. The third-order valence-electron chi connectivity index (χ3n) is 4.00. The second-order valence-corrected chi connectivity index (χ2v) is 5.51. The van der Waals surface area contributed by atoms with Crippen molar-refractivity contribution in [1.82, 2.24) is 10.6 Å². The minimum Gasteiger partial charge on any atom is -0.388 e. The number of amides is 1. The Morgan fingerprint density at radius 3 is 2.53 bits per heavy atom. The maximum atomic E-state index is 11.8. The standard InChI is InChI=1S/C13H24N2O2/c16-12(11-6-5-9-14-11)15-10-13(17)7-3-1-2-4-8-13/h11,14,17H,1-10H2,(H,15,16)/t11-/m1/s1. The van der Waals surface area contributed by atoms with E-state index in [1.807, 2.05) is 0 Å². The Labute approximate surface area is 103 Å². The third-order valence-corrected chi connectivity index (χ3v) is 4.00. The van der Waals surface area contributed by atoms with E-state index in [9.17, 15) is 9.90 Å². The summed E-state index contributed by atoms with van der Waals surface area (Å²) in [4.78, 5) is 11.8. The van der Waals surface area contributed by atoms with Gasteiger partial charge in [-0.3, -0.25) is 4.79 Å². The van der Waals surface area contributed by atoms with E-state index in [4.69, 9.17) is 0 Å². The molecule has 0 spiro atoms. The highest BCUT2D eigenvalue weighted by molar-refractivity contribution is 5.82. The van der Waals surface area contributed by atoms with Crippen molar-refractivity contribution in [3.63, 3.8) is 0 Å². The van der Waals surface area contributed by atoms with E-state index >= 15 is 0 Å². The first-order valence-corrected chi connectivity index (χ1v) is 6.93. The molecular formula is C13H24N2O2. The van der Waals surface area contributed by atoms with Gasteiger partial charge in [0.15, 0.2) is 0 Å². The molecule has 98 valence electrons. The van der Waals surface area contributed by atoms with Crippen molar-refractivity contribution < 1.29 is 9.90 Å². The fraction of sp³-hybridized carbons (Fsp3) is 0.923. The molecule has 0 unspecified atom stereocenters. The Kier molecular flexibility index (Phi) is 4.40. The van der Waals surface area contributed by atoms with Gasteiger partial charge in [-0.25, -0.2) is 0 Å². The molecule has 1 saturated heterocycles. The van der Waals surface area contributed by atoms with Gasteiger partial charge < -0.3 is 15.7 Å². The highest BCUT2D eigenvalue weighted by Gasteiger charge is 2.30. The van der Waals surface area contributed by atoms with Crippen molar-refractivity contribution in [2.24, 2.45) is 0 Å². The summed E-state index contributed by atoms with van der Waals surface area (Å²) in [5, 5.41) is 16.5. The van der Waals surface area contributed by atoms with E-state index in [-0.39, 0.29) is 11.9 Å². The summed E-state index contributed by atoms with van der Waals surface area (Å²) in [6.45, 7) is 1.35. The van der Waals surface area contributed by atoms with Crippen LogP contribution in [0.1, 0.15) is 51.4 Å². The molecule has 17 heavy (non-hydrogen) atoms. The van der Waals surface area contributed by atoms with Crippen LogP contribution in [0.3, 0.4) is 0 Å². The van der Waals surface area contributed by atoms with E-state index in [1.165, 1.54) is 12.8 Å². The highest BCUT2D eigenvalue weighted by atomic mass is 16.3. The fourth-order valence-corrected chi connectivity index (χ4v) is 2.85. The van der Waals surface area contributed by atoms with Crippen molar-refractivity contribution in [3.05, 3.63) is 0 Å². The second kappa shape index (κ2) is 5.83. The Morgan fingerprint density at radius 1 is 1.24 bits per heavy atom. The summed E-state index contributed by atoms with van der Waals surface area (Å²) >= 11 is 0. The fourth-order valence-electron chi connectivity index (χ4n) is 2.85. The molecule has 1 aliphatic heterocycles. The molecule has 0 aromatic carbocycles. The summed E-state index contributed by atoms with van der Waals surface area (Å²) in [5.41, 5.74) is -0.662. The van der Waals surface area contributed by atoms with Gasteiger partial charge in [-0.1, -0.05) is 25.7 Å². The number of carbonyl (C=O) groups is 1. The lowest BCUT2D eigenvalue weighted by Crippen LogP contribution is -2.48.